The molecular formula is C35H35ClN2O2. The van der Waals surface area contributed by atoms with Crippen LogP contribution in [-0.4, -0.2) is 18.1 Å². The first-order valence-electron chi connectivity index (χ1n) is 13.4. The van der Waals surface area contributed by atoms with Gasteiger partial charge in [-0.05, 0) is 96.3 Å². The number of rotatable bonds is 10. The van der Waals surface area contributed by atoms with Crippen LogP contribution in [0, 0.1) is 5.92 Å². The van der Waals surface area contributed by atoms with Gasteiger partial charge in [0.2, 0.25) is 5.91 Å². The Morgan fingerprint density at radius 1 is 0.750 bits per heavy atom. The van der Waals surface area contributed by atoms with Gasteiger partial charge in [-0.2, -0.15) is 0 Å². The first kappa shape index (κ1) is 28.7. The van der Waals surface area contributed by atoms with Crippen LogP contribution in [0.5, 0.6) is 0 Å². The van der Waals surface area contributed by atoms with Crippen molar-refractivity contribution >= 4 is 51.6 Å². The largest absolute Gasteiger partial charge is 0.508 e. The molecule has 4 aromatic carbocycles. The van der Waals surface area contributed by atoms with Gasteiger partial charge in [0, 0.05) is 40.6 Å². The number of hydrogen-bond acceptors (Lipinski definition) is 3. The van der Waals surface area contributed by atoms with E-state index in [9.17, 15) is 9.90 Å². The van der Waals surface area contributed by atoms with Gasteiger partial charge < -0.3 is 10.0 Å². The van der Waals surface area contributed by atoms with E-state index >= 15 is 0 Å². The molecule has 40 heavy (non-hydrogen) atoms. The zero-order valence-corrected chi connectivity index (χ0v) is 24.0. The van der Waals surface area contributed by atoms with Gasteiger partial charge in [-0.3, -0.25) is 9.69 Å². The zero-order chi connectivity index (χ0) is 28.8. The Hall–Kier alpha value is -4.28. The summed E-state index contributed by atoms with van der Waals surface area (Å²) in [7, 11) is 2.00. The van der Waals surface area contributed by atoms with E-state index in [1.54, 1.807) is 11.0 Å². The highest BCUT2D eigenvalue weighted by Crippen LogP contribution is 2.35. The van der Waals surface area contributed by atoms with Crippen LogP contribution in [-0.2, 0) is 4.79 Å². The number of hydrogen-bond donors (Lipinski definition) is 1. The average Bonchev–Trinajstić information content (AvgIpc) is 2.98. The number of carbonyl (C=O) groups is 1. The van der Waals surface area contributed by atoms with Gasteiger partial charge in [0.25, 0.3) is 0 Å². The number of aliphatic hydroxyl groups excluding tert-OH is 1. The van der Waals surface area contributed by atoms with E-state index in [1.807, 2.05) is 112 Å². The zero-order valence-electron chi connectivity index (χ0n) is 23.3. The van der Waals surface area contributed by atoms with Gasteiger partial charge in [-0.15, -0.1) is 0 Å². The second-order valence-electron chi connectivity index (χ2n) is 9.80. The number of benzene rings is 4. The lowest BCUT2D eigenvalue weighted by Gasteiger charge is -2.28. The number of halogens is 1. The van der Waals surface area contributed by atoms with Crippen molar-refractivity contribution in [2.75, 3.05) is 16.8 Å². The molecule has 0 radical (unpaired) electrons. The van der Waals surface area contributed by atoms with Gasteiger partial charge in [0.15, 0.2) is 0 Å². The van der Waals surface area contributed by atoms with Crippen LogP contribution < -0.4 is 9.80 Å². The molecule has 0 heterocycles. The molecule has 0 atom stereocenters. The Morgan fingerprint density at radius 2 is 1.30 bits per heavy atom. The summed E-state index contributed by atoms with van der Waals surface area (Å²) < 4.78 is 0. The van der Waals surface area contributed by atoms with Gasteiger partial charge in [0.1, 0.15) is 5.76 Å². The Labute approximate surface area is 242 Å². The molecule has 0 bridgehead atoms. The Kier molecular flexibility index (Phi) is 9.13. The monoisotopic (exact) mass is 550 g/mol. The van der Waals surface area contributed by atoms with E-state index in [1.165, 1.54) is 0 Å². The van der Waals surface area contributed by atoms with E-state index in [2.05, 4.69) is 18.1 Å². The number of aliphatic hydroxyl groups is 1. The summed E-state index contributed by atoms with van der Waals surface area (Å²) in [5, 5.41) is 11.1. The van der Waals surface area contributed by atoms with Crippen molar-refractivity contribution in [2.45, 2.75) is 26.7 Å². The summed E-state index contributed by atoms with van der Waals surface area (Å²) >= 11 is 6.05. The van der Waals surface area contributed by atoms with Crippen LogP contribution in [0.3, 0.4) is 0 Å². The molecule has 0 aliphatic heterocycles. The van der Waals surface area contributed by atoms with Crippen molar-refractivity contribution in [3.05, 3.63) is 132 Å². The van der Waals surface area contributed by atoms with E-state index < -0.39 is 0 Å². The molecule has 4 nitrogen and oxygen atoms in total. The second-order valence-corrected chi connectivity index (χ2v) is 10.2. The van der Waals surface area contributed by atoms with Crippen LogP contribution in [0.25, 0.3) is 11.3 Å². The fourth-order valence-electron chi connectivity index (χ4n) is 4.75. The molecule has 1 amide bonds. The molecule has 0 unspecified atom stereocenters. The quantitative estimate of drug-likeness (QED) is 0.200. The molecule has 1 N–H and O–H groups in total. The topological polar surface area (TPSA) is 43.8 Å². The van der Waals surface area contributed by atoms with Crippen LogP contribution in [0.4, 0.5) is 22.7 Å². The van der Waals surface area contributed by atoms with E-state index in [4.69, 9.17) is 11.6 Å². The summed E-state index contributed by atoms with van der Waals surface area (Å²) in [5.74, 6) is -0.181. The normalized spacial score (nSPS) is 10.8. The highest BCUT2D eigenvalue weighted by Gasteiger charge is 2.25. The average molecular weight is 551 g/mol. The minimum absolute atomic E-state index is 0.0167. The van der Waals surface area contributed by atoms with Gasteiger partial charge in [0.05, 0.1) is 5.69 Å². The predicted octanol–water partition coefficient (Wildman–Crippen LogP) is 9.80. The van der Waals surface area contributed by atoms with E-state index in [0.717, 1.165) is 46.6 Å². The summed E-state index contributed by atoms with van der Waals surface area (Å²) in [6, 6.07) is 31.0. The maximum atomic E-state index is 13.8. The third kappa shape index (κ3) is 6.30. The molecule has 0 aromatic heterocycles. The molecule has 0 saturated heterocycles. The Bertz CT molecular complexity index is 1490. The van der Waals surface area contributed by atoms with E-state index in [-0.39, 0.29) is 17.6 Å². The van der Waals surface area contributed by atoms with Crippen molar-refractivity contribution in [1.29, 1.82) is 0 Å². The molecule has 4 rings (SSSR count). The summed E-state index contributed by atoms with van der Waals surface area (Å²) in [5.41, 5.74) is 6.50. The van der Waals surface area contributed by atoms with Crippen molar-refractivity contribution in [2.24, 2.45) is 5.92 Å². The first-order chi connectivity index (χ1) is 19.2. The van der Waals surface area contributed by atoms with Crippen molar-refractivity contribution in [3.63, 3.8) is 0 Å². The number of para-hydroxylation sites is 1. The lowest BCUT2D eigenvalue weighted by atomic mass is 9.95. The van der Waals surface area contributed by atoms with Gasteiger partial charge >= 0.3 is 0 Å². The standard InChI is InChI=1S/C35H35ClN2O2/c1-6-26(7-2)35(40)38(33-11-9-8-10-12-33)34-22-28(21-29(23-34)25(4)39)24(3)27-13-17-31(18-14-27)37(5)32-19-15-30(36)16-20-32/h8-23,26,39H,3-4,6-7H2,1-2,5H3. The third-order valence-corrected chi connectivity index (χ3v) is 7.50. The van der Waals surface area contributed by atoms with Crippen LogP contribution in [0.1, 0.15) is 43.4 Å². The van der Waals surface area contributed by atoms with Gasteiger partial charge in [-0.25, -0.2) is 0 Å². The molecular weight excluding hydrogens is 516 g/mol. The highest BCUT2D eigenvalue weighted by atomic mass is 35.5. The minimum Gasteiger partial charge on any atom is -0.508 e. The molecule has 0 saturated carbocycles. The summed E-state index contributed by atoms with van der Waals surface area (Å²) in [6.07, 6.45) is 1.48. The van der Waals surface area contributed by atoms with Crippen molar-refractivity contribution in [3.8, 4) is 0 Å². The Balaban J connectivity index is 1.73. The maximum absolute atomic E-state index is 13.8. The second kappa shape index (κ2) is 12.7. The molecule has 0 aliphatic carbocycles. The van der Waals surface area contributed by atoms with Crippen molar-refractivity contribution < 1.29 is 9.90 Å². The number of anilines is 4. The fraction of sp³-hybridized carbons (Fsp3) is 0.171. The van der Waals surface area contributed by atoms with Gasteiger partial charge in [-0.1, -0.05) is 68.9 Å². The predicted molar refractivity (Wildman–Crippen MR) is 170 cm³/mol. The van der Waals surface area contributed by atoms with Crippen LogP contribution in [0.15, 0.2) is 110 Å². The molecule has 0 aliphatic rings. The lowest BCUT2D eigenvalue weighted by molar-refractivity contribution is -0.121. The van der Waals surface area contributed by atoms with Crippen LogP contribution in [0.2, 0.25) is 5.02 Å². The summed E-state index contributed by atoms with van der Waals surface area (Å²) in [4.78, 5) is 17.6. The lowest BCUT2D eigenvalue weighted by Crippen LogP contribution is -2.32. The molecule has 0 spiro atoms. The van der Waals surface area contributed by atoms with Crippen LogP contribution >= 0.6 is 11.6 Å². The molecule has 0 fully saturated rings. The highest BCUT2D eigenvalue weighted by molar-refractivity contribution is 6.30. The molecule has 5 heteroatoms. The van der Waals surface area contributed by atoms with Crippen molar-refractivity contribution in [1.82, 2.24) is 0 Å². The maximum Gasteiger partial charge on any atom is 0.234 e. The minimum atomic E-state index is -0.127. The number of nitrogens with zero attached hydrogens (tertiary/aromatic N) is 2. The summed E-state index contributed by atoms with van der Waals surface area (Å²) in [6.45, 7) is 12.2. The number of amides is 1. The molecule has 204 valence electrons. The Morgan fingerprint density at radius 3 is 1.85 bits per heavy atom. The molecule has 4 aromatic rings. The van der Waals surface area contributed by atoms with E-state index in [0.29, 0.717) is 16.3 Å². The number of carbonyl (C=O) groups excluding carboxylic acids is 1. The third-order valence-electron chi connectivity index (χ3n) is 7.24. The first-order valence-corrected chi connectivity index (χ1v) is 13.8. The fourth-order valence-corrected chi connectivity index (χ4v) is 4.87. The smallest absolute Gasteiger partial charge is 0.234 e. The SMILES string of the molecule is C=C(O)c1cc(C(=C)c2ccc(N(C)c3ccc(Cl)cc3)cc2)cc(N(C(=O)C(CC)CC)c2ccccc2)c1.